The first kappa shape index (κ1) is 13.3. The molecule has 5 nitrogen and oxygen atoms in total. The van der Waals surface area contributed by atoms with Crippen molar-refractivity contribution in [3.05, 3.63) is 29.3 Å². The van der Waals surface area contributed by atoms with E-state index in [0.29, 0.717) is 0 Å². The second kappa shape index (κ2) is 5.55. The number of aliphatic hydroxyl groups is 2. The second-order valence-corrected chi connectivity index (χ2v) is 3.36. The Kier molecular flexibility index (Phi) is 4.36. The van der Waals surface area contributed by atoms with Crippen molar-refractivity contribution in [3.8, 4) is 0 Å². The Morgan fingerprint density at radius 2 is 1.94 bits per heavy atom. The molecule has 1 rings (SSSR count). The number of carbonyl (C=O) groups excluding carboxylic acids is 1. The van der Waals surface area contributed by atoms with Gasteiger partial charge in [-0.15, -0.1) is 0 Å². The van der Waals surface area contributed by atoms with Crippen molar-refractivity contribution in [3.63, 3.8) is 0 Å². The van der Waals surface area contributed by atoms with Gasteiger partial charge in [0.05, 0.1) is 24.9 Å². The molecule has 0 aliphatic carbocycles. The first-order valence-electron chi connectivity index (χ1n) is 4.77. The highest BCUT2D eigenvalue weighted by molar-refractivity contribution is 5.95. The molecular weight excluding hydrogens is 234 g/mol. The molecule has 1 aromatic carbocycles. The molecule has 0 aromatic heterocycles. The molecule has 94 valence electrons. The number of aliphatic hydroxyl groups excluding tert-OH is 2. The number of hydrogen-bond acceptors (Lipinski definition) is 4. The Balaban J connectivity index is 3.00. The first-order chi connectivity index (χ1) is 8.01. The third kappa shape index (κ3) is 2.89. The van der Waals surface area contributed by atoms with Gasteiger partial charge in [0.25, 0.3) is 5.91 Å². The number of nitrogen functional groups attached to an aromatic ring is 1. The van der Waals surface area contributed by atoms with Crippen molar-refractivity contribution in [2.75, 3.05) is 18.9 Å². The zero-order valence-corrected chi connectivity index (χ0v) is 8.78. The quantitative estimate of drug-likeness (QED) is 0.545. The fourth-order valence-corrected chi connectivity index (χ4v) is 1.18. The lowest BCUT2D eigenvalue weighted by Crippen LogP contribution is -2.40. The fraction of sp³-hybridized carbons (Fsp3) is 0.300. The van der Waals surface area contributed by atoms with E-state index in [2.05, 4.69) is 5.32 Å². The van der Waals surface area contributed by atoms with Crippen molar-refractivity contribution < 1.29 is 23.8 Å². The van der Waals surface area contributed by atoms with Crippen molar-refractivity contribution >= 4 is 11.6 Å². The third-order valence-electron chi connectivity index (χ3n) is 2.12. The Morgan fingerprint density at radius 1 is 1.35 bits per heavy atom. The standard InChI is InChI=1S/C10H12F2N2O3/c11-6-1-2-7(13)9(12)8(6)10(17)14-5(3-15)4-16/h1-2,5,15-16H,3-4,13H2,(H,14,17). The molecule has 0 spiro atoms. The van der Waals surface area contributed by atoms with Crippen LogP contribution in [0.1, 0.15) is 10.4 Å². The van der Waals surface area contributed by atoms with Gasteiger partial charge in [0, 0.05) is 0 Å². The number of anilines is 1. The summed E-state index contributed by atoms with van der Waals surface area (Å²) in [5.74, 6) is -3.32. The van der Waals surface area contributed by atoms with Crippen LogP contribution in [0.25, 0.3) is 0 Å². The molecule has 0 aliphatic heterocycles. The summed E-state index contributed by atoms with van der Waals surface area (Å²) in [5.41, 5.74) is 4.01. The average Bonchev–Trinajstić information content (AvgIpc) is 2.31. The maximum atomic E-state index is 13.4. The van der Waals surface area contributed by atoms with Crippen LogP contribution in [0.2, 0.25) is 0 Å². The SMILES string of the molecule is Nc1ccc(F)c(C(=O)NC(CO)CO)c1F. The monoisotopic (exact) mass is 246 g/mol. The predicted molar refractivity (Wildman–Crippen MR) is 56.2 cm³/mol. The molecule has 0 unspecified atom stereocenters. The van der Waals surface area contributed by atoms with Crippen LogP contribution in [0.3, 0.4) is 0 Å². The Hall–Kier alpha value is -1.73. The summed E-state index contributed by atoms with van der Waals surface area (Å²) < 4.78 is 26.7. The molecule has 0 radical (unpaired) electrons. The molecule has 0 heterocycles. The van der Waals surface area contributed by atoms with Gasteiger partial charge in [-0.2, -0.15) is 0 Å². The van der Waals surface area contributed by atoms with E-state index in [4.69, 9.17) is 15.9 Å². The molecule has 0 bridgehead atoms. The number of nitrogens with two attached hydrogens (primary N) is 1. The van der Waals surface area contributed by atoms with Gasteiger partial charge in [-0.05, 0) is 12.1 Å². The van der Waals surface area contributed by atoms with Crippen LogP contribution in [0.5, 0.6) is 0 Å². The van der Waals surface area contributed by atoms with E-state index in [1.54, 1.807) is 0 Å². The minimum Gasteiger partial charge on any atom is -0.396 e. The smallest absolute Gasteiger partial charge is 0.257 e. The molecule has 7 heteroatoms. The number of carbonyl (C=O) groups is 1. The molecule has 1 amide bonds. The normalized spacial score (nSPS) is 10.6. The van der Waals surface area contributed by atoms with E-state index >= 15 is 0 Å². The van der Waals surface area contributed by atoms with Crippen LogP contribution in [0.4, 0.5) is 14.5 Å². The zero-order valence-electron chi connectivity index (χ0n) is 8.78. The van der Waals surface area contributed by atoms with Crippen molar-refractivity contribution in [1.29, 1.82) is 0 Å². The number of halogens is 2. The molecular formula is C10H12F2N2O3. The largest absolute Gasteiger partial charge is 0.396 e. The molecule has 0 saturated heterocycles. The van der Waals surface area contributed by atoms with Gasteiger partial charge in [0.15, 0.2) is 5.82 Å². The number of benzene rings is 1. The zero-order chi connectivity index (χ0) is 13.0. The highest BCUT2D eigenvalue weighted by Gasteiger charge is 2.21. The molecule has 0 atom stereocenters. The lowest BCUT2D eigenvalue weighted by molar-refractivity contribution is 0.0871. The lowest BCUT2D eigenvalue weighted by atomic mass is 10.1. The van der Waals surface area contributed by atoms with E-state index in [1.807, 2.05) is 0 Å². The summed E-state index contributed by atoms with van der Waals surface area (Å²) >= 11 is 0. The summed E-state index contributed by atoms with van der Waals surface area (Å²) in [6.07, 6.45) is 0. The van der Waals surface area contributed by atoms with Gasteiger partial charge in [0.1, 0.15) is 11.4 Å². The van der Waals surface area contributed by atoms with Gasteiger partial charge >= 0.3 is 0 Å². The van der Waals surface area contributed by atoms with E-state index in [-0.39, 0.29) is 5.69 Å². The summed E-state index contributed by atoms with van der Waals surface area (Å²) in [6.45, 7) is -1.10. The van der Waals surface area contributed by atoms with Gasteiger partial charge in [0.2, 0.25) is 0 Å². The molecule has 0 fully saturated rings. The average molecular weight is 246 g/mol. The summed E-state index contributed by atoms with van der Waals surface area (Å²) in [4.78, 5) is 11.5. The number of rotatable bonds is 4. The van der Waals surface area contributed by atoms with Crippen molar-refractivity contribution in [2.45, 2.75) is 6.04 Å². The topological polar surface area (TPSA) is 95.6 Å². The number of amides is 1. The van der Waals surface area contributed by atoms with Crippen LogP contribution in [0.15, 0.2) is 12.1 Å². The van der Waals surface area contributed by atoms with Gasteiger partial charge in [-0.1, -0.05) is 0 Å². The molecule has 1 aromatic rings. The molecule has 0 saturated carbocycles. The number of hydrogen-bond donors (Lipinski definition) is 4. The Morgan fingerprint density at radius 3 is 2.47 bits per heavy atom. The Bertz CT molecular complexity index is 422. The highest BCUT2D eigenvalue weighted by atomic mass is 19.1. The van der Waals surface area contributed by atoms with Crippen LogP contribution >= 0.6 is 0 Å². The second-order valence-electron chi connectivity index (χ2n) is 3.36. The maximum Gasteiger partial charge on any atom is 0.257 e. The van der Waals surface area contributed by atoms with E-state index in [9.17, 15) is 13.6 Å². The van der Waals surface area contributed by atoms with Crippen LogP contribution < -0.4 is 11.1 Å². The van der Waals surface area contributed by atoms with Crippen molar-refractivity contribution in [2.24, 2.45) is 0 Å². The minimum absolute atomic E-state index is 0.360. The van der Waals surface area contributed by atoms with Crippen LogP contribution in [-0.2, 0) is 0 Å². The lowest BCUT2D eigenvalue weighted by Gasteiger charge is -2.14. The molecule has 0 aliphatic rings. The fourth-order valence-electron chi connectivity index (χ4n) is 1.18. The van der Waals surface area contributed by atoms with Crippen LogP contribution in [-0.4, -0.2) is 35.4 Å². The van der Waals surface area contributed by atoms with Gasteiger partial charge < -0.3 is 21.3 Å². The van der Waals surface area contributed by atoms with E-state index < -0.39 is 42.4 Å². The summed E-state index contributed by atoms with van der Waals surface area (Å²) in [5, 5.41) is 19.5. The maximum absolute atomic E-state index is 13.4. The predicted octanol–water partition coefficient (Wildman–Crippen LogP) is -0.370. The van der Waals surface area contributed by atoms with Gasteiger partial charge in [-0.3, -0.25) is 4.79 Å². The van der Waals surface area contributed by atoms with E-state index in [0.717, 1.165) is 12.1 Å². The number of nitrogens with one attached hydrogen (secondary N) is 1. The van der Waals surface area contributed by atoms with E-state index in [1.165, 1.54) is 0 Å². The molecule has 5 N–H and O–H groups in total. The van der Waals surface area contributed by atoms with Crippen LogP contribution in [0, 0.1) is 11.6 Å². The summed E-state index contributed by atoms with van der Waals surface area (Å²) in [7, 11) is 0. The highest BCUT2D eigenvalue weighted by Crippen LogP contribution is 2.18. The first-order valence-corrected chi connectivity index (χ1v) is 4.77. The third-order valence-corrected chi connectivity index (χ3v) is 2.12. The Labute approximate surface area is 95.9 Å². The van der Waals surface area contributed by atoms with Gasteiger partial charge in [-0.25, -0.2) is 8.78 Å². The minimum atomic E-state index is -1.17. The van der Waals surface area contributed by atoms with Crippen molar-refractivity contribution in [1.82, 2.24) is 5.32 Å². The summed E-state index contributed by atoms with van der Waals surface area (Å²) in [6, 6.07) is 0.875. The molecule has 17 heavy (non-hydrogen) atoms.